The predicted octanol–water partition coefficient (Wildman–Crippen LogP) is 5.13. The molecule has 0 unspecified atom stereocenters. The van der Waals surface area contributed by atoms with E-state index in [4.69, 9.17) is 4.74 Å². The molecule has 6 nitrogen and oxygen atoms in total. The summed E-state index contributed by atoms with van der Waals surface area (Å²) in [5.41, 5.74) is 2.96. The molecule has 0 aliphatic heterocycles. The Morgan fingerprint density at radius 1 is 1.07 bits per heavy atom. The van der Waals surface area contributed by atoms with Gasteiger partial charge >= 0.3 is 0 Å². The van der Waals surface area contributed by atoms with Crippen LogP contribution >= 0.6 is 0 Å². The molecule has 3 aromatic carbocycles. The summed E-state index contributed by atoms with van der Waals surface area (Å²) in [6.07, 6.45) is 3.05. The first-order valence-corrected chi connectivity index (χ1v) is 9.02. The van der Waals surface area contributed by atoms with Gasteiger partial charge in [0.2, 0.25) is 5.91 Å². The third kappa shape index (κ3) is 5.77. The molecule has 0 atom stereocenters. The van der Waals surface area contributed by atoms with Crippen molar-refractivity contribution in [2.75, 3.05) is 5.32 Å². The maximum absolute atomic E-state index is 12.2. The fraction of sp³-hybridized carbons (Fsp3) is 0.0870. The summed E-state index contributed by atoms with van der Waals surface area (Å²) < 4.78 is 5.79. The van der Waals surface area contributed by atoms with Crippen LogP contribution in [0.1, 0.15) is 16.7 Å². The highest BCUT2D eigenvalue weighted by Gasteiger charge is 2.10. The van der Waals surface area contributed by atoms with Gasteiger partial charge in [-0.25, -0.2) is 0 Å². The Bertz CT molecular complexity index is 1050. The second-order valence-corrected chi connectivity index (χ2v) is 6.43. The van der Waals surface area contributed by atoms with Crippen LogP contribution in [0.3, 0.4) is 0 Å². The van der Waals surface area contributed by atoms with E-state index in [1.165, 1.54) is 18.2 Å². The largest absolute Gasteiger partial charge is 0.489 e. The number of anilines is 1. The fourth-order valence-corrected chi connectivity index (χ4v) is 2.65. The molecular formula is C23H20N2O4. The molecule has 146 valence electrons. The van der Waals surface area contributed by atoms with Crippen molar-refractivity contribution in [1.29, 1.82) is 0 Å². The smallest absolute Gasteiger partial charge is 0.271 e. The van der Waals surface area contributed by atoms with Crippen molar-refractivity contribution in [2.24, 2.45) is 0 Å². The molecule has 0 spiro atoms. The lowest BCUT2D eigenvalue weighted by molar-refractivity contribution is -0.384. The fourth-order valence-electron chi connectivity index (χ4n) is 2.65. The van der Waals surface area contributed by atoms with Crippen molar-refractivity contribution in [3.05, 3.63) is 106 Å². The number of rotatable bonds is 7. The Morgan fingerprint density at radius 2 is 1.86 bits per heavy atom. The number of amides is 1. The average Bonchev–Trinajstić information content (AvgIpc) is 2.73. The minimum absolute atomic E-state index is 0.0712. The summed E-state index contributed by atoms with van der Waals surface area (Å²) in [5, 5.41) is 13.6. The molecule has 0 saturated carbocycles. The quantitative estimate of drug-likeness (QED) is 0.345. The van der Waals surface area contributed by atoms with Gasteiger partial charge in [-0.05, 0) is 41.8 Å². The average molecular weight is 388 g/mol. The summed E-state index contributed by atoms with van der Waals surface area (Å²) in [6, 6.07) is 21.6. The highest BCUT2D eigenvalue weighted by atomic mass is 16.6. The van der Waals surface area contributed by atoms with Gasteiger partial charge in [0.15, 0.2) is 0 Å². The first-order chi connectivity index (χ1) is 14.0. The molecule has 1 amide bonds. The summed E-state index contributed by atoms with van der Waals surface area (Å²) in [5.74, 6) is 0.329. The molecule has 29 heavy (non-hydrogen) atoms. The van der Waals surface area contributed by atoms with Crippen LogP contribution in [0.2, 0.25) is 0 Å². The van der Waals surface area contributed by atoms with Gasteiger partial charge in [0.1, 0.15) is 12.4 Å². The molecule has 0 saturated heterocycles. The van der Waals surface area contributed by atoms with E-state index in [9.17, 15) is 14.9 Å². The van der Waals surface area contributed by atoms with Gasteiger partial charge in [-0.1, -0.05) is 48.5 Å². The number of aryl methyl sites for hydroxylation is 1. The summed E-state index contributed by atoms with van der Waals surface area (Å²) in [4.78, 5) is 22.6. The lowest BCUT2D eigenvalue weighted by atomic mass is 10.1. The van der Waals surface area contributed by atoms with Crippen molar-refractivity contribution in [3.8, 4) is 5.75 Å². The molecule has 1 N–H and O–H groups in total. The van der Waals surface area contributed by atoms with Gasteiger partial charge in [-0.15, -0.1) is 0 Å². The van der Waals surface area contributed by atoms with Crippen molar-refractivity contribution in [1.82, 2.24) is 0 Å². The summed E-state index contributed by atoms with van der Waals surface area (Å²) >= 11 is 0. The third-order valence-corrected chi connectivity index (χ3v) is 4.22. The lowest BCUT2D eigenvalue weighted by Gasteiger charge is -2.07. The Kier molecular flexibility index (Phi) is 6.37. The molecule has 0 aromatic heterocycles. The molecule has 0 fully saturated rings. The van der Waals surface area contributed by atoms with Crippen LogP contribution in [-0.2, 0) is 11.4 Å². The molecular weight excluding hydrogens is 368 g/mol. The van der Waals surface area contributed by atoms with Crippen LogP contribution in [0, 0.1) is 17.0 Å². The standard InChI is InChI=1S/C23H20N2O4/c1-17-10-12-20(25(27)28)15-22(17)24-23(26)13-11-18-8-5-9-21(14-18)29-16-19-6-3-2-4-7-19/h2-15H,16H2,1H3,(H,24,26)/b13-11+. The van der Waals surface area contributed by atoms with Gasteiger partial charge in [-0.2, -0.15) is 0 Å². The van der Waals surface area contributed by atoms with Crippen LogP contribution in [0.5, 0.6) is 5.75 Å². The lowest BCUT2D eigenvalue weighted by Crippen LogP contribution is -2.09. The third-order valence-electron chi connectivity index (χ3n) is 4.22. The highest BCUT2D eigenvalue weighted by Crippen LogP contribution is 2.22. The number of carbonyl (C=O) groups excluding carboxylic acids is 1. The number of nitro groups is 1. The zero-order valence-corrected chi connectivity index (χ0v) is 15.9. The van der Waals surface area contributed by atoms with E-state index in [2.05, 4.69) is 5.32 Å². The van der Waals surface area contributed by atoms with Gasteiger partial charge in [0.25, 0.3) is 5.69 Å². The number of hydrogen-bond acceptors (Lipinski definition) is 4. The van der Waals surface area contributed by atoms with E-state index >= 15 is 0 Å². The SMILES string of the molecule is Cc1ccc([N+](=O)[O-])cc1NC(=O)/C=C/c1cccc(OCc2ccccc2)c1. The second kappa shape index (κ2) is 9.32. The topological polar surface area (TPSA) is 81.5 Å². The highest BCUT2D eigenvalue weighted by molar-refractivity contribution is 6.02. The van der Waals surface area contributed by atoms with Crippen LogP contribution < -0.4 is 10.1 Å². The van der Waals surface area contributed by atoms with E-state index in [1.807, 2.05) is 54.6 Å². The Hall–Kier alpha value is -3.93. The number of nitrogens with one attached hydrogen (secondary N) is 1. The molecule has 0 aliphatic carbocycles. The Balaban J connectivity index is 1.63. The molecule has 0 radical (unpaired) electrons. The number of ether oxygens (including phenoxy) is 1. The van der Waals surface area contributed by atoms with Crippen LogP contribution in [0.25, 0.3) is 6.08 Å². The van der Waals surface area contributed by atoms with Crippen molar-refractivity contribution < 1.29 is 14.5 Å². The number of carbonyl (C=O) groups is 1. The van der Waals surface area contributed by atoms with E-state index in [0.29, 0.717) is 18.0 Å². The second-order valence-electron chi connectivity index (χ2n) is 6.43. The zero-order chi connectivity index (χ0) is 20.6. The summed E-state index contributed by atoms with van der Waals surface area (Å²) in [6.45, 7) is 2.23. The number of non-ortho nitro benzene ring substituents is 1. The maximum Gasteiger partial charge on any atom is 0.271 e. The Morgan fingerprint density at radius 3 is 2.62 bits per heavy atom. The summed E-state index contributed by atoms with van der Waals surface area (Å²) in [7, 11) is 0. The normalized spacial score (nSPS) is 10.7. The zero-order valence-electron chi connectivity index (χ0n) is 15.9. The van der Waals surface area contributed by atoms with Gasteiger partial charge in [-0.3, -0.25) is 14.9 Å². The number of hydrogen-bond donors (Lipinski definition) is 1. The Labute approximate surface area is 168 Å². The number of benzene rings is 3. The number of nitro benzene ring substituents is 1. The van der Waals surface area contributed by atoms with E-state index in [0.717, 1.165) is 16.7 Å². The molecule has 0 heterocycles. The molecule has 0 bridgehead atoms. The van der Waals surface area contributed by atoms with Crippen LogP contribution in [0.4, 0.5) is 11.4 Å². The van der Waals surface area contributed by atoms with E-state index in [-0.39, 0.29) is 11.6 Å². The maximum atomic E-state index is 12.2. The first kappa shape index (κ1) is 19.8. The predicted molar refractivity (Wildman–Crippen MR) is 113 cm³/mol. The molecule has 0 aliphatic rings. The molecule has 6 heteroatoms. The van der Waals surface area contributed by atoms with Crippen molar-refractivity contribution in [3.63, 3.8) is 0 Å². The van der Waals surface area contributed by atoms with Gasteiger partial charge < -0.3 is 10.1 Å². The van der Waals surface area contributed by atoms with E-state index in [1.54, 1.807) is 19.1 Å². The minimum Gasteiger partial charge on any atom is -0.489 e. The molecule has 3 rings (SSSR count). The minimum atomic E-state index is -0.494. The first-order valence-electron chi connectivity index (χ1n) is 9.02. The van der Waals surface area contributed by atoms with Crippen molar-refractivity contribution >= 4 is 23.4 Å². The van der Waals surface area contributed by atoms with Crippen LogP contribution in [0.15, 0.2) is 78.9 Å². The van der Waals surface area contributed by atoms with Gasteiger partial charge in [0, 0.05) is 18.2 Å². The van der Waals surface area contributed by atoms with Crippen molar-refractivity contribution in [2.45, 2.75) is 13.5 Å². The molecule has 3 aromatic rings. The van der Waals surface area contributed by atoms with Crippen LogP contribution in [-0.4, -0.2) is 10.8 Å². The van der Waals surface area contributed by atoms with Gasteiger partial charge in [0.05, 0.1) is 10.6 Å². The monoisotopic (exact) mass is 388 g/mol. The number of nitrogens with zero attached hydrogens (tertiary/aromatic N) is 1. The van der Waals surface area contributed by atoms with E-state index < -0.39 is 4.92 Å².